The monoisotopic (exact) mass is 264 g/mol. The highest BCUT2D eigenvalue weighted by atomic mass is 16.5. The van der Waals surface area contributed by atoms with Crippen LogP contribution in [0.3, 0.4) is 0 Å². The Kier molecular flexibility index (Phi) is 4.27. The minimum Gasteiger partial charge on any atom is -0.497 e. The molecule has 104 valence electrons. The molecule has 0 saturated carbocycles. The number of hydrogen-bond acceptors (Lipinski definition) is 4. The fourth-order valence-electron chi connectivity index (χ4n) is 2.34. The van der Waals surface area contributed by atoms with E-state index in [1.165, 1.54) is 0 Å². The number of carbonyl (C=O) groups is 1. The van der Waals surface area contributed by atoms with E-state index in [4.69, 9.17) is 15.2 Å². The number of ether oxygens (including phenoxy) is 2. The summed E-state index contributed by atoms with van der Waals surface area (Å²) in [6, 6.07) is 5.11. The van der Waals surface area contributed by atoms with Gasteiger partial charge in [-0.2, -0.15) is 0 Å². The lowest BCUT2D eigenvalue weighted by Gasteiger charge is -2.31. The smallest absolute Gasteiger partial charge is 0.254 e. The molecule has 2 rings (SSSR count). The number of benzene rings is 1. The molecule has 1 fully saturated rings. The van der Waals surface area contributed by atoms with E-state index in [9.17, 15) is 4.79 Å². The fourth-order valence-corrected chi connectivity index (χ4v) is 2.34. The molecule has 0 aliphatic carbocycles. The topological polar surface area (TPSA) is 64.8 Å². The van der Waals surface area contributed by atoms with Gasteiger partial charge < -0.3 is 20.1 Å². The number of anilines is 1. The van der Waals surface area contributed by atoms with E-state index in [0.717, 1.165) is 12.8 Å². The molecule has 1 aliphatic rings. The predicted molar refractivity (Wildman–Crippen MR) is 73.3 cm³/mol. The van der Waals surface area contributed by atoms with Crippen LogP contribution < -0.4 is 10.5 Å². The lowest BCUT2D eigenvalue weighted by Crippen LogP contribution is -2.40. The zero-order valence-corrected chi connectivity index (χ0v) is 11.4. The SMILES string of the molecule is COc1cc(N)cc(C(=O)N2CCC(OC)CC2)c1. The number of amides is 1. The highest BCUT2D eigenvalue weighted by molar-refractivity contribution is 5.95. The number of piperidine rings is 1. The number of nitrogens with two attached hydrogens (primary N) is 1. The number of likely N-dealkylation sites (tertiary alicyclic amines) is 1. The molecule has 0 radical (unpaired) electrons. The molecule has 1 amide bonds. The Morgan fingerprint density at radius 1 is 1.26 bits per heavy atom. The molecule has 0 spiro atoms. The summed E-state index contributed by atoms with van der Waals surface area (Å²) >= 11 is 0. The zero-order valence-electron chi connectivity index (χ0n) is 11.4. The van der Waals surface area contributed by atoms with E-state index in [-0.39, 0.29) is 12.0 Å². The second kappa shape index (κ2) is 5.93. The van der Waals surface area contributed by atoms with Gasteiger partial charge in [-0.25, -0.2) is 0 Å². The molecular formula is C14H20N2O3. The van der Waals surface area contributed by atoms with Crippen LogP contribution in [0.5, 0.6) is 5.75 Å². The first-order valence-corrected chi connectivity index (χ1v) is 6.40. The maximum atomic E-state index is 12.4. The summed E-state index contributed by atoms with van der Waals surface area (Å²) in [4.78, 5) is 14.2. The van der Waals surface area contributed by atoms with Gasteiger partial charge in [0.15, 0.2) is 0 Å². The number of nitrogen functional groups attached to an aromatic ring is 1. The van der Waals surface area contributed by atoms with Crippen molar-refractivity contribution in [3.8, 4) is 5.75 Å². The molecule has 1 aromatic rings. The first-order chi connectivity index (χ1) is 9.13. The summed E-state index contributed by atoms with van der Waals surface area (Å²) in [6.45, 7) is 1.43. The summed E-state index contributed by atoms with van der Waals surface area (Å²) in [7, 11) is 3.28. The Labute approximate surface area is 113 Å². The number of hydrogen-bond donors (Lipinski definition) is 1. The second-order valence-corrected chi connectivity index (χ2v) is 4.72. The van der Waals surface area contributed by atoms with Crippen LogP contribution in [0, 0.1) is 0 Å². The summed E-state index contributed by atoms with van der Waals surface area (Å²) in [5, 5.41) is 0. The summed E-state index contributed by atoms with van der Waals surface area (Å²) < 4.78 is 10.4. The van der Waals surface area contributed by atoms with Gasteiger partial charge in [-0.05, 0) is 25.0 Å². The number of rotatable bonds is 3. The molecule has 2 N–H and O–H groups in total. The maximum Gasteiger partial charge on any atom is 0.254 e. The molecule has 0 atom stereocenters. The van der Waals surface area contributed by atoms with Crippen molar-refractivity contribution in [2.45, 2.75) is 18.9 Å². The first kappa shape index (κ1) is 13.7. The van der Waals surface area contributed by atoms with E-state index >= 15 is 0 Å². The molecule has 1 aromatic carbocycles. The average Bonchev–Trinajstić information content (AvgIpc) is 2.46. The largest absolute Gasteiger partial charge is 0.497 e. The van der Waals surface area contributed by atoms with Gasteiger partial charge in [-0.3, -0.25) is 4.79 Å². The molecule has 0 aromatic heterocycles. The maximum absolute atomic E-state index is 12.4. The van der Waals surface area contributed by atoms with Gasteiger partial charge in [0.25, 0.3) is 5.91 Å². The van der Waals surface area contributed by atoms with Gasteiger partial charge in [0.1, 0.15) is 5.75 Å². The number of carbonyl (C=O) groups excluding carboxylic acids is 1. The van der Waals surface area contributed by atoms with Gasteiger partial charge in [0.2, 0.25) is 0 Å². The molecule has 19 heavy (non-hydrogen) atoms. The van der Waals surface area contributed by atoms with Crippen molar-refractivity contribution < 1.29 is 14.3 Å². The van der Waals surface area contributed by atoms with Crippen LogP contribution in [-0.2, 0) is 4.74 Å². The Bertz CT molecular complexity index is 454. The van der Waals surface area contributed by atoms with E-state index in [1.54, 1.807) is 32.4 Å². The Hall–Kier alpha value is -1.75. The van der Waals surface area contributed by atoms with Crippen molar-refractivity contribution in [1.29, 1.82) is 0 Å². The third kappa shape index (κ3) is 3.17. The Morgan fingerprint density at radius 3 is 2.53 bits per heavy atom. The van der Waals surface area contributed by atoms with E-state index in [2.05, 4.69) is 0 Å². The Balaban J connectivity index is 2.09. The van der Waals surface area contributed by atoms with Crippen LogP contribution in [0.15, 0.2) is 18.2 Å². The lowest BCUT2D eigenvalue weighted by molar-refractivity contribution is 0.0350. The van der Waals surface area contributed by atoms with Gasteiger partial charge in [-0.1, -0.05) is 0 Å². The highest BCUT2D eigenvalue weighted by Gasteiger charge is 2.23. The zero-order chi connectivity index (χ0) is 13.8. The van der Waals surface area contributed by atoms with E-state index in [1.807, 2.05) is 4.90 Å². The predicted octanol–water partition coefficient (Wildman–Crippen LogP) is 1.53. The molecule has 5 nitrogen and oxygen atoms in total. The third-order valence-electron chi connectivity index (χ3n) is 3.47. The second-order valence-electron chi connectivity index (χ2n) is 4.72. The number of nitrogens with zero attached hydrogens (tertiary/aromatic N) is 1. The standard InChI is InChI=1S/C14H20N2O3/c1-18-12-3-5-16(6-4-12)14(17)10-7-11(15)9-13(8-10)19-2/h7-9,12H,3-6,15H2,1-2H3. The summed E-state index contributed by atoms with van der Waals surface area (Å²) in [6.07, 6.45) is 2.02. The third-order valence-corrected chi connectivity index (χ3v) is 3.47. The number of methoxy groups -OCH3 is 2. The van der Waals surface area contributed by atoms with Crippen LogP contribution in [0.4, 0.5) is 5.69 Å². The van der Waals surface area contributed by atoms with Crippen LogP contribution in [0.25, 0.3) is 0 Å². The van der Waals surface area contributed by atoms with Crippen LogP contribution >= 0.6 is 0 Å². The van der Waals surface area contributed by atoms with Crippen LogP contribution in [-0.4, -0.2) is 44.2 Å². The fraction of sp³-hybridized carbons (Fsp3) is 0.500. The van der Waals surface area contributed by atoms with Gasteiger partial charge in [0, 0.05) is 37.5 Å². The molecule has 1 saturated heterocycles. The summed E-state index contributed by atoms with van der Waals surface area (Å²) in [5.41, 5.74) is 6.89. The van der Waals surface area contributed by atoms with Crippen molar-refractivity contribution in [3.05, 3.63) is 23.8 Å². The highest BCUT2D eigenvalue weighted by Crippen LogP contribution is 2.21. The van der Waals surface area contributed by atoms with Crippen molar-refractivity contribution in [1.82, 2.24) is 4.90 Å². The van der Waals surface area contributed by atoms with Gasteiger partial charge in [-0.15, -0.1) is 0 Å². The Morgan fingerprint density at radius 2 is 1.95 bits per heavy atom. The lowest BCUT2D eigenvalue weighted by atomic mass is 10.1. The van der Waals surface area contributed by atoms with E-state index in [0.29, 0.717) is 30.1 Å². The average molecular weight is 264 g/mol. The van der Waals surface area contributed by atoms with Crippen molar-refractivity contribution in [3.63, 3.8) is 0 Å². The van der Waals surface area contributed by atoms with Crippen LogP contribution in [0.2, 0.25) is 0 Å². The molecule has 5 heteroatoms. The molecule has 1 heterocycles. The van der Waals surface area contributed by atoms with E-state index < -0.39 is 0 Å². The molecule has 1 aliphatic heterocycles. The minimum absolute atomic E-state index is 0.000142. The van der Waals surface area contributed by atoms with Gasteiger partial charge >= 0.3 is 0 Å². The van der Waals surface area contributed by atoms with Gasteiger partial charge in [0.05, 0.1) is 13.2 Å². The quantitative estimate of drug-likeness (QED) is 0.841. The van der Waals surface area contributed by atoms with Crippen LogP contribution in [0.1, 0.15) is 23.2 Å². The van der Waals surface area contributed by atoms with Crippen molar-refractivity contribution in [2.75, 3.05) is 33.0 Å². The molecular weight excluding hydrogens is 244 g/mol. The normalized spacial score (nSPS) is 16.4. The first-order valence-electron chi connectivity index (χ1n) is 6.40. The van der Waals surface area contributed by atoms with Crippen molar-refractivity contribution in [2.24, 2.45) is 0 Å². The molecule has 0 unspecified atom stereocenters. The minimum atomic E-state index is 0.000142. The summed E-state index contributed by atoms with van der Waals surface area (Å²) in [5.74, 6) is 0.607. The molecule has 0 bridgehead atoms. The van der Waals surface area contributed by atoms with Crippen molar-refractivity contribution >= 4 is 11.6 Å².